The number of Topliss-reactive ketones (excluding diaryl/α,β-unsaturated/α-hetero) is 1. The second-order valence-corrected chi connectivity index (χ2v) is 7.11. The first-order valence-corrected chi connectivity index (χ1v) is 7.65. The monoisotopic (exact) mass is 254 g/mol. The summed E-state index contributed by atoms with van der Waals surface area (Å²) in [5, 5.41) is 0. The van der Waals surface area contributed by atoms with Gasteiger partial charge in [-0.05, 0) is 19.3 Å². The topological polar surface area (TPSA) is 69.0 Å². The highest BCUT2D eigenvalue weighted by molar-refractivity contribution is 7.91. The number of sulfone groups is 1. The molecule has 17 heavy (non-hydrogen) atoms. The largest absolute Gasteiger partial charge is 0.325 e. The van der Waals surface area contributed by atoms with Crippen molar-refractivity contribution in [2.45, 2.75) is 25.3 Å². The number of hydrogen-bond donors (Lipinski definition) is 0. The molecule has 2 aliphatic rings. The summed E-state index contributed by atoms with van der Waals surface area (Å²) in [6.45, 7) is 0. The smallest absolute Gasteiger partial charge is 0.184 e. The van der Waals surface area contributed by atoms with Crippen molar-refractivity contribution in [2.24, 2.45) is 5.92 Å². The fourth-order valence-electron chi connectivity index (χ4n) is 2.35. The summed E-state index contributed by atoms with van der Waals surface area (Å²) >= 11 is 0. The molecule has 1 saturated heterocycles. The predicted octanol–water partition coefficient (Wildman–Crippen LogP) is 0.835. The van der Waals surface area contributed by atoms with Gasteiger partial charge in [0.25, 0.3) is 0 Å². The summed E-state index contributed by atoms with van der Waals surface area (Å²) in [6.07, 6.45) is 5.86. The summed E-state index contributed by atoms with van der Waals surface area (Å²) in [5.41, 5.74) is 0.578. The van der Waals surface area contributed by atoms with Gasteiger partial charge in [-0.2, -0.15) is 0 Å². The summed E-state index contributed by atoms with van der Waals surface area (Å²) in [7, 11) is -3.00. The molecule has 1 atom stereocenters. The van der Waals surface area contributed by atoms with E-state index >= 15 is 0 Å². The molecule has 0 amide bonds. The third-order valence-electron chi connectivity index (χ3n) is 3.46. The van der Waals surface area contributed by atoms with Crippen LogP contribution < -0.4 is 0 Å². The van der Waals surface area contributed by atoms with Crippen molar-refractivity contribution >= 4 is 15.6 Å². The fourth-order valence-corrected chi connectivity index (χ4v) is 4.09. The average Bonchev–Trinajstić information content (AvgIpc) is 2.89. The summed E-state index contributed by atoms with van der Waals surface area (Å²) in [6, 6.07) is 0.398. The number of rotatable bonds is 3. The summed E-state index contributed by atoms with van der Waals surface area (Å²) < 4.78 is 24.6. The van der Waals surface area contributed by atoms with Gasteiger partial charge in [0.05, 0.1) is 24.0 Å². The molecule has 2 heterocycles. The molecule has 1 aromatic heterocycles. The minimum atomic E-state index is -3.00. The van der Waals surface area contributed by atoms with Crippen LogP contribution in [0.15, 0.2) is 12.5 Å². The predicted molar refractivity (Wildman–Crippen MR) is 61.6 cm³/mol. The van der Waals surface area contributed by atoms with Crippen molar-refractivity contribution in [3.8, 4) is 0 Å². The number of carbonyl (C=O) groups is 1. The van der Waals surface area contributed by atoms with Crippen LogP contribution in [0.4, 0.5) is 0 Å². The number of aromatic nitrogens is 2. The number of hydrogen-bond acceptors (Lipinski definition) is 4. The highest BCUT2D eigenvalue weighted by Crippen LogP contribution is 2.36. The Hall–Kier alpha value is -1.17. The second kappa shape index (κ2) is 3.66. The Morgan fingerprint density at radius 2 is 2.12 bits per heavy atom. The van der Waals surface area contributed by atoms with Crippen LogP contribution in [0.5, 0.6) is 0 Å². The van der Waals surface area contributed by atoms with Crippen LogP contribution in [0.1, 0.15) is 35.8 Å². The highest BCUT2D eigenvalue weighted by atomic mass is 32.2. The number of carbonyl (C=O) groups excluding carboxylic acids is 1. The minimum absolute atomic E-state index is 0.00167. The third kappa shape index (κ3) is 2.01. The van der Waals surface area contributed by atoms with E-state index in [2.05, 4.69) is 4.98 Å². The van der Waals surface area contributed by atoms with E-state index in [0.717, 1.165) is 12.8 Å². The van der Waals surface area contributed by atoms with Crippen molar-refractivity contribution in [3.63, 3.8) is 0 Å². The first kappa shape index (κ1) is 11.0. The highest BCUT2D eigenvalue weighted by Gasteiger charge is 2.36. The number of nitrogens with zero attached hydrogens (tertiary/aromatic N) is 2. The first-order chi connectivity index (χ1) is 8.07. The average molecular weight is 254 g/mol. The quantitative estimate of drug-likeness (QED) is 0.749. The molecule has 0 bridgehead atoms. The molecule has 0 spiro atoms. The Bertz CT molecular complexity index is 557. The van der Waals surface area contributed by atoms with Gasteiger partial charge in [-0.15, -0.1) is 0 Å². The molecule has 1 saturated carbocycles. The third-order valence-corrected chi connectivity index (χ3v) is 5.23. The SMILES string of the molecule is O=C(c1cncn1C1CC1)C1CCS(=O)(=O)C1. The Morgan fingerprint density at radius 1 is 1.35 bits per heavy atom. The van der Waals surface area contributed by atoms with Gasteiger partial charge in [0.2, 0.25) is 0 Å². The van der Waals surface area contributed by atoms with Crippen LogP contribution >= 0.6 is 0 Å². The van der Waals surface area contributed by atoms with E-state index in [4.69, 9.17) is 0 Å². The maximum Gasteiger partial charge on any atom is 0.184 e. The van der Waals surface area contributed by atoms with E-state index < -0.39 is 9.84 Å². The van der Waals surface area contributed by atoms with Gasteiger partial charge in [-0.1, -0.05) is 0 Å². The van der Waals surface area contributed by atoms with Crippen LogP contribution in [-0.2, 0) is 9.84 Å². The Labute approximate surface area is 99.8 Å². The van der Waals surface area contributed by atoms with Gasteiger partial charge in [0, 0.05) is 12.0 Å². The lowest BCUT2D eigenvalue weighted by molar-refractivity contribution is 0.0923. The van der Waals surface area contributed by atoms with Gasteiger partial charge >= 0.3 is 0 Å². The number of ketones is 1. The molecule has 0 radical (unpaired) electrons. The standard InChI is InChI=1S/C11H14N2O3S/c14-11(8-3-4-17(15,16)6-8)10-5-12-7-13(10)9-1-2-9/h5,7-9H,1-4,6H2. The Balaban J connectivity index is 1.84. The summed E-state index contributed by atoms with van der Waals surface area (Å²) in [4.78, 5) is 16.2. The molecule has 0 N–H and O–H groups in total. The van der Waals surface area contributed by atoms with E-state index in [1.807, 2.05) is 4.57 Å². The molecule has 1 aromatic rings. The van der Waals surface area contributed by atoms with E-state index in [1.54, 1.807) is 12.5 Å². The van der Waals surface area contributed by atoms with Gasteiger partial charge in [0.1, 0.15) is 5.69 Å². The molecule has 1 aliphatic heterocycles. The lowest BCUT2D eigenvalue weighted by atomic mass is 10.0. The Morgan fingerprint density at radius 3 is 2.71 bits per heavy atom. The first-order valence-electron chi connectivity index (χ1n) is 5.83. The van der Waals surface area contributed by atoms with Crippen LogP contribution in [0, 0.1) is 5.92 Å². The van der Waals surface area contributed by atoms with Crippen LogP contribution in [0.25, 0.3) is 0 Å². The van der Waals surface area contributed by atoms with Gasteiger partial charge in [-0.25, -0.2) is 13.4 Å². The lowest BCUT2D eigenvalue weighted by Crippen LogP contribution is -2.19. The van der Waals surface area contributed by atoms with Crippen molar-refractivity contribution in [2.75, 3.05) is 11.5 Å². The zero-order chi connectivity index (χ0) is 12.0. The van der Waals surface area contributed by atoms with Gasteiger partial charge in [0.15, 0.2) is 15.6 Å². The van der Waals surface area contributed by atoms with Crippen molar-refractivity contribution in [3.05, 3.63) is 18.2 Å². The normalized spacial score (nSPS) is 27.2. The van der Waals surface area contributed by atoms with Crippen molar-refractivity contribution in [1.29, 1.82) is 0 Å². The number of imidazole rings is 1. The molecule has 0 aromatic carbocycles. The van der Waals surface area contributed by atoms with Gasteiger partial charge in [-0.3, -0.25) is 4.79 Å². The van der Waals surface area contributed by atoms with Crippen molar-refractivity contribution in [1.82, 2.24) is 9.55 Å². The zero-order valence-corrected chi connectivity index (χ0v) is 10.2. The molecular formula is C11H14N2O3S. The lowest BCUT2D eigenvalue weighted by Gasteiger charge is -2.09. The maximum atomic E-state index is 12.2. The van der Waals surface area contributed by atoms with Gasteiger partial charge < -0.3 is 4.57 Å². The van der Waals surface area contributed by atoms with E-state index in [0.29, 0.717) is 18.2 Å². The van der Waals surface area contributed by atoms with E-state index in [-0.39, 0.29) is 23.2 Å². The minimum Gasteiger partial charge on any atom is -0.325 e. The fraction of sp³-hybridized carbons (Fsp3) is 0.636. The molecule has 1 aliphatic carbocycles. The molecular weight excluding hydrogens is 240 g/mol. The van der Waals surface area contributed by atoms with Crippen LogP contribution in [0.2, 0.25) is 0 Å². The van der Waals surface area contributed by atoms with Crippen molar-refractivity contribution < 1.29 is 13.2 Å². The molecule has 3 rings (SSSR count). The second-order valence-electron chi connectivity index (χ2n) is 4.88. The summed E-state index contributed by atoms with van der Waals surface area (Å²) in [5.74, 6) is -0.285. The molecule has 2 fully saturated rings. The molecule has 5 nitrogen and oxygen atoms in total. The van der Waals surface area contributed by atoms with E-state index in [1.165, 1.54) is 0 Å². The molecule has 1 unspecified atom stereocenters. The maximum absolute atomic E-state index is 12.2. The molecule has 6 heteroatoms. The van der Waals surface area contributed by atoms with Crippen LogP contribution in [-0.4, -0.2) is 35.3 Å². The Kier molecular flexibility index (Phi) is 2.36. The van der Waals surface area contributed by atoms with E-state index in [9.17, 15) is 13.2 Å². The molecule has 92 valence electrons. The van der Waals surface area contributed by atoms with Crippen LogP contribution in [0.3, 0.4) is 0 Å². The zero-order valence-electron chi connectivity index (χ0n) is 9.37.